The number of aryl methyl sites for hydroxylation is 1. The van der Waals surface area contributed by atoms with E-state index in [9.17, 15) is 0 Å². The van der Waals surface area contributed by atoms with E-state index in [4.69, 9.17) is 5.73 Å². The molecule has 0 aliphatic heterocycles. The van der Waals surface area contributed by atoms with E-state index >= 15 is 0 Å². The summed E-state index contributed by atoms with van der Waals surface area (Å²) >= 11 is 1.86. The van der Waals surface area contributed by atoms with Gasteiger partial charge in [-0.05, 0) is 25.5 Å². The molecule has 0 aromatic carbocycles. The summed E-state index contributed by atoms with van der Waals surface area (Å²) in [6, 6.07) is 6.46. The highest BCUT2D eigenvalue weighted by Crippen LogP contribution is 2.11. The molecule has 0 bridgehead atoms. The summed E-state index contributed by atoms with van der Waals surface area (Å²) < 4.78 is 0. The van der Waals surface area contributed by atoms with Gasteiger partial charge in [-0.1, -0.05) is 13.0 Å². The normalized spacial score (nSPS) is 12.8. The van der Waals surface area contributed by atoms with Crippen molar-refractivity contribution >= 4 is 11.8 Å². The first kappa shape index (κ1) is 11.5. The van der Waals surface area contributed by atoms with Crippen LogP contribution < -0.4 is 5.73 Å². The number of pyridine rings is 1. The summed E-state index contributed by atoms with van der Waals surface area (Å²) in [6.45, 7) is 4.14. The molecular weight excluding hydrogens is 192 g/mol. The van der Waals surface area contributed by atoms with Gasteiger partial charge in [0.1, 0.15) is 0 Å². The minimum absolute atomic E-state index is 0.324. The van der Waals surface area contributed by atoms with Crippen molar-refractivity contribution in [1.82, 2.24) is 4.98 Å². The van der Waals surface area contributed by atoms with Crippen LogP contribution in [0.25, 0.3) is 0 Å². The summed E-state index contributed by atoms with van der Waals surface area (Å²) in [7, 11) is 0. The molecule has 2 N–H and O–H groups in total. The molecule has 0 saturated carbocycles. The van der Waals surface area contributed by atoms with Crippen molar-refractivity contribution in [1.29, 1.82) is 0 Å². The van der Waals surface area contributed by atoms with E-state index in [-0.39, 0.29) is 0 Å². The van der Waals surface area contributed by atoms with Crippen LogP contribution in [0.3, 0.4) is 0 Å². The Hall–Kier alpha value is -0.540. The van der Waals surface area contributed by atoms with Gasteiger partial charge in [0.15, 0.2) is 0 Å². The summed E-state index contributed by atoms with van der Waals surface area (Å²) in [5.74, 6) is 1.99. The molecule has 1 atom stereocenters. The second-order valence-electron chi connectivity index (χ2n) is 3.45. The molecule has 0 aliphatic carbocycles. The van der Waals surface area contributed by atoms with Crippen LogP contribution in [-0.2, 0) is 5.75 Å². The van der Waals surface area contributed by atoms with Crippen LogP contribution in [0.15, 0.2) is 18.2 Å². The van der Waals surface area contributed by atoms with Crippen LogP contribution in [-0.4, -0.2) is 16.8 Å². The summed E-state index contributed by atoms with van der Waals surface area (Å²) in [5, 5.41) is 0. The van der Waals surface area contributed by atoms with Gasteiger partial charge in [0.05, 0.1) is 5.69 Å². The molecule has 1 aromatic rings. The highest BCUT2D eigenvalue weighted by atomic mass is 32.2. The maximum Gasteiger partial charge on any atom is 0.0505 e. The molecule has 3 heteroatoms. The van der Waals surface area contributed by atoms with E-state index in [0.29, 0.717) is 6.04 Å². The van der Waals surface area contributed by atoms with Crippen LogP contribution in [0, 0.1) is 6.92 Å². The fraction of sp³-hybridized carbons (Fsp3) is 0.545. The van der Waals surface area contributed by atoms with Crippen molar-refractivity contribution < 1.29 is 0 Å². The number of hydrogen-bond acceptors (Lipinski definition) is 3. The third-order valence-corrected chi connectivity index (χ3v) is 3.22. The van der Waals surface area contributed by atoms with E-state index < -0.39 is 0 Å². The van der Waals surface area contributed by atoms with Gasteiger partial charge in [-0.2, -0.15) is 11.8 Å². The number of thioether (sulfide) groups is 1. The van der Waals surface area contributed by atoms with Gasteiger partial charge in [-0.15, -0.1) is 0 Å². The molecule has 14 heavy (non-hydrogen) atoms. The summed E-state index contributed by atoms with van der Waals surface area (Å²) in [4.78, 5) is 4.43. The van der Waals surface area contributed by atoms with Crippen molar-refractivity contribution in [3.8, 4) is 0 Å². The molecular formula is C11H18N2S. The number of rotatable bonds is 5. The third-order valence-electron chi connectivity index (χ3n) is 2.05. The van der Waals surface area contributed by atoms with Crippen LogP contribution in [0.4, 0.5) is 0 Å². The van der Waals surface area contributed by atoms with Gasteiger partial charge in [0.25, 0.3) is 0 Å². The topological polar surface area (TPSA) is 38.9 Å². The average molecular weight is 210 g/mol. The smallest absolute Gasteiger partial charge is 0.0505 e. The van der Waals surface area contributed by atoms with Gasteiger partial charge in [0.2, 0.25) is 0 Å². The molecule has 1 unspecified atom stereocenters. The van der Waals surface area contributed by atoms with Gasteiger partial charge in [-0.25, -0.2) is 0 Å². The number of nitrogens with zero attached hydrogens (tertiary/aromatic N) is 1. The van der Waals surface area contributed by atoms with Crippen molar-refractivity contribution in [3.05, 3.63) is 29.6 Å². The highest BCUT2D eigenvalue weighted by molar-refractivity contribution is 7.98. The van der Waals surface area contributed by atoms with Crippen molar-refractivity contribution in [2.45, 2.75) is 32.1 Å². The second kappa shape index (κ2) is 6.04. The molecule has 2 nitrogen and oxygen atoms in total. The van der Waals surface area contributed by atoms with Crippen LogP contribution in [0.1, 0.15) is 24.7 Å². The number of nitrogens with two attached hydrogens (primary N) is 1. The van der Waals surface area contributed by atoms with Gasteiger partial charge >= 0.3 is 0 Å². The lowest BCUT2D eigenvalue weighted by atomic mass is 10.3. The lowest BCUT2D eigenvalue weighted by Crippen LogP contribution is -2.21. The Morgan fingerprint density at radius 2 is 2.29 bits per heavy atom. The van der Waals surface area contributed by atoms with E-state index in [0.717, 1.165) is 29.3 Å². The SMILES string of the molecule is CCC(N)CSCc1cccc(C)n1. The van der Waals surface area contributed by atoms with Crippen LogP contribution in [0.5, 0.6) is 0 Å². The Morgan fingerprint density at radius 3 is 2.93 bits per heavy atom. The maximum absolute atomic E-state index is 5.83. The lowest BCUT2D eigenvalue weighted by Gasteiger charge is -2.07. The first-order valence-corrected chi connectivity index (χ1v) is 6.13. The molecule has 1 heterocycles. The minimum atomic E-state index is 0.324. The van der Waals surface area contributed by atoms with Crippen molar-refractivity contribution in [3.63, 3.8) is 0 Å². The minimum Gasteiger partial charge on any atom is -0.327 e. The predicted molar refractivity (Wildman–Crippen MR) is 63.4 cm³/mol. The van der Waals surface area contributed by atoms with Gasteiger partial charge in [0, 0.05) is 23.2 Å². The summed E-state index contributed by atoms with van der Waals surface area (Å²) in [5.41, 5.74) is 8.06. The van der Waals surface area contributed by atoms with Gasteiger partial charge in [-0.3, -0.25) is 4.98 Å². The highest BCUT2D eigenvalue weighted by Gasteiger charge is 2.00. The van der Waals surface area contributed by atoms with E-state index in [1.54, 1.807) is 0 Å². The van der Waals surface area contributed by atoms with Crippen molar-refractivity contribution in [2.24, 2.45) is 5.73 Å². The molecule has 0 saturated heterocycles. The Labute approximate surface area is 90.3 Å². The summed E-state index contributed by atoms with van der Waals surface area (Å²) in [6.07, 6.45) is 1.05. The molecule has 0 amide bonds. The zero-order valence-electron chi connectivity index (χ0n) is 8.86. The molecule has 0 spiro atoms. The molecule has 1 aromatic heterocycles. The molecule has 78 valence electrons. The van der Waals surface area contributed by atoms with E-state index in [1.807, 2.05) is 24.8 Å². The fourth-order valence-corrected chi connectivity index (χ4v) is 2.14. The first-order valence-electron chi connectivity index (χ1n) is 4.98. The zero-order chi connectivity index (χ0) is 10.4. The van der Waals surface area contributed by atoms with Crippen LogP contribution in [0.2, 0.25) is 0 Å². The first-order chi connectivity index (χ1) is 6.72. The third kappa shape index (κ3) is 4.11. The Morgan fingerprint density at radius 1 is 1.50 bits per heavy atom. The maximum atomic E-state index is 5.83. The molecule has 0 radical (unpaired) electrons. The largest absolute Gasteiger partial charge is 0.327 e. The fourth-order valence-electron chi connectivity index (χ4n) is 1.11. The molecule has 0 aliphatic rings. The molecule has 0 fully saturated rings. The Kier molecular flexibility index (Phi) is 4.98. The number of aromatic nitrogens is 1. The molecule has 1 rings (SSSR count). The number of hydrogen-bond donors (Lipinski definition) is 1. The predicted octanol–water partition coefficient (Wildman–Crippen LogP) is 2.36. The second-order valence-corrected chi connectivity index (χ2v) is 4.48. The van der Waals surface area contributed by atoms with Gasteiger partial charge < -0.3 is 5.73 Å². The monoisotopic (exact) mass is 210 g/mol. The van der Waals surface area contributed by atoms with Crippen LogP contribution >= 0.6 is 11.8 Å². The Bertz CT molecular complexity index is 276. The average Bonchev–Trinajstić information content (AvgIpc) is 2.17. The standard InChI is InChI=1S/C11H18N2S/c1-3-10(12)7-14-8-11-6-4-5-9(2)13-11/h4-6,10H,3,7-8,12H2,1-2H3. The van der Waals surface area contributed by atoms with E-state index in [1.165, 1.54) is 0 Å². The van der Waals surface area contributed by atoms with Crippen molar-refractivity contribution in [2.75, 3.05) is 5.75 Å². The quantitative estimate of drug-likeness (QED) is 0.811. The lowest BCUT2D eigenvalue weighted by molar-refractivity contribution is 0.724. The Balaban J connectivity index is 2.31. The van der Waals surface area contributed by atoms with E-state index in [2.05, 4.69) is 24.0 Å². The zero-order valence-corrected chi connectivity index (χ0v) is 9.68.